The zero-order chi connectivity index (χ0) is 14.5. The van der Waals surface area contributed by atoms with Crippen LogP contribution in [0.2, 0.25) is 0 Å². The predicted octanol–water partition coefficient (Wildman–Crippen LogP) is 2.75. The first-order valence-corrected chi connectivity index (χ1v) is 6.95. The Balaban J connectivity index is 2.20. The Morgan fingerprint density at radius 2 is 1.95 bits per heavy atom. The van der Waals surface area contributed by atoms with Crippen LogP contribution in [0, 0.1) is 6.92 Å². The second-order valence-corrected chi connectivity index (χ2v) is 5.08. The van der Waals surface area contributed by atoms with Crippen LogP contribution in [0.5, 0.6) is 0 Å². The molecule has 1 heterocycles. The van der Waals surface area contributed by atoms with Gasteiger partial charge in [0.15, 0.2) is 0 Å². The first-order valence-electron chi connectivity index (χ1n) is 6.95. The Kier molecular flexibility index (Phi) is 4.56. The van der Waals surface area contributed by atoms with E-state index in [4.69, 9.17) is 0 Å². The molecule has 2 amide bonds. The van der Waals surface area contributed by atoms with E-state index in [1.54, 1.807) is 12.1 Å². The number of nitrogens with zero attached hydrogens (tertiary/aromatic N) is 1. The zero-order valence-corrected chi connectivity index (χ0v) is 11.8. The maximum Gasteiger partial charge on any atom is 0.254 e. The molecule has 20 heavy (non-hydrogen) atoms. The van der Waals surface area contributed by atoms with Crippen molar-refractivity contribution in [2.75, 3.05) is 18.4 Å². The second kappa shape index (κ2) is 6.37. The van der Waals surface area contributed by atoms with Crippen molar-refractivity contribution in [1.29, 1.82) is 0 Å². The van der Waals surface area contributed by atoms with E-state index in [0.29, 0.717) is 11.3 Å². The van der Waals surface area contributed by atoms with Gasteiger partial charge in [-0.3, -0.25) is 9.59 Å². The van der Waals surface area contributed by atoms with Gasteiger partial charge in [0.25, 0.3) is 5.91 Å². The number of anilines is 1. The summed E-state index contributed by atoms with van der Waals surface area (Å²) in [5, 5.41) is 2.69. The van der Waals surface area contributed by atoms with E-state index in [1.165, 1.54) is 12.5 Å². The van der Waals surface area contributed by atoms with Gasteiger partial charge in [0.2, 0.25) is 5.91 Å². The van der Waals surface area contributed by atoms with Crippen molar-refractivity contribution in [2.24, 2.45) is 0 Å². The number of amides is 2. The largest absolute Gasteiger partial charge is 0.339 e. The molecule has 0 unspecified atom stereocenters. The minimum absolute atomic E-state index is 0.0527. The Morgan fingerprint density at radius 1 is 1.25 bits per heavy atom. The minimum Gasteiger partial charge on any atom is -0.339 e. The zero-order valence-electron chi connectivity index (χ0n) is 11.8. The quantitative estimate of drug-likeness (QED) is 0.860. The van der Waals surface area contributed by atoms with Gasteiger partial charge in [-0.15, -0.1) is 0 Å². The number of likely N-dealkylation sites (tertiary alicyclic amines) is 1. The highest BCUT2D eigenvalue weighted by atomic mass is 16.2. The third kappa shape index (κ3) is 3.26. The average Bonchev–Trinajstić information content (AvgIpc) is 2.49. The van der Waals surface area contributed by atoms with Gasteiger partial charge < -0.3 is 10.2 Å². The normalized spacial score (nSPS) is 14.8. The number of hydrogen-bond donors (Lipinski definition) is 1. The topological polar surface area (TPSA) is 49.4 Å². The van der Waals surface area contributed by atoms with E-state index < -0.39 is 0 Å². The molecule has 1 aliphatic rings. The molecule has 0 bridgehead atoms. The molecule has 0 spiro atoms. The molecule has 1 aromatic rings. The van der Waals surface area contributed by atoms with Gasteiger partial charge in [-0.1, -0.05) is 12.6 Å². The lowest BCUT2D eigenvalue weighted by Gasteiger charge is -2.27. The average molecular weight is 272 g/mol. The van der Waals surface area contributed by atoms with E-state index in [0.717, 1.165) is 31.5 Å². The number of carbonyl (C=O) groups is 2. The first kappa shape index (κ1) is 14.3. The van der Waals surface area contributed by atoms with Crippen LogP contribution in [0.4, 0.5) is 5.69 Å². The first-order chi connectivity index (χ1) is 9.61. The van der Waals surface area contributed by atoms with Gasteiger partial charge in [-0.05, 0) is 50.0 Å². The summed E-state index contributed by atoms with van der Waals surface area (Å²) in [7, 11) is 0. The molecule has 1 aliphatic heterocycles. The fourth-order valence-electron chi connectivity index (χ4n) is 2.39. The summed E-state index contributed by atoms with van der Waals surface area (Å²) in [5.74, 6) is -0.220. The minimum atomic E-state index is -0.273. The van der Waals surface area contributed by atoms with Gasteiger partial charge in [-0.2, -0.15) is 0 Å². The summed E-state index contributed by atoms with van der Waals surface area (Å²) in [5.41, 5.74) is 2.21. The molecule has 1 aromatic carbocycles. The highest BCUT2D eigenvalue weighted by molar-refractivity contribution is 6.01. The van der Waals surface area contributed by atoms with Crippen LogP contribution >= 0.6 is 0 Å². The highest BCUT2D eigenvalue weighted by Crippen LogP contribution is 2.19. The van der Waals surface area contributed by atoms with Crippen molar-refractivity contribution < 1.29 is 9.59 Å². The van der Waals surface area contributed by atoms with E-state index in [1.807, 2.05) is 17.9 Å². The molecule has 0 atom stereocenters. The van der Waals surface area contributed by atoms with Gasteiger partial charge in [0.05, 0.1) is 0 Å². The smallest absolute Gasteiger partial charge is 0.254 e. The molecule has 4 heteroatoms. The van der Waals surface area contributed by atoms with Crippen LogP contribution in [0.3, 0.4) is 0 Å². The Labute approximate surface area is 119 Å². The third-order valence-corrected chi connectivity index (χ3v) is 3.56. The summed E-state index contributed by atoms with van der Waals surface area (Å²) in [6.07, 6.45) is 4.54. The highest BCUT2D eigenvalue weighted by Gasteiger charge is 2.20. The van der Waals surface area contributed by atoms with E-state index in [9.17, 15) is 9.59 Å². The molecule has 0 saturated carbocycles. The molecule has 1 fully saturated rings. The number of nitrogens with one attached hydrogen (secondary N) is 1. The number of hydrogen-bond acceptors (Lipinski definition) is 2. The SMILES string of the molecule is C=CC(=O)Nc1ccc(C)c(C(=O)N2CCCCC2)c1. The fraction of sp³-hybridized carbons (Fsp3) is 0.375. The Morgan fingerprint density at radius 3 is 2.60 bits per heavy atom. The second-order valence-electron chi connectivity index (χ2n) is 5.08. The molecule has 2 rings (SSSR count). The summed E-state index contributed by atoms with van der Waals surface area (Å²) < 4.78 is 0. The monoisotopic (exact) mass is 272 g/mol. The molecule has 106 valence electrons. The van der Waals surface area contributed by atoms with Crippen LogP contribution in [0.25, 0.3) is 0 Å². The summed E-state index contributed by atoms with van der Waals surface area (Å²) in [6.45, 7) is 6.97. The number of piperidine rings is 1. The van der Waals surface area contributed by atoms with Crippen LogP contribution in [-0.2, 0) is 4.79 Å². The molecule has 0 aromatic heterocycles. The predicted molar refractivity (Wildman–Crippen MR) is 79.8 cm³/mol. The number of benzene rings is 1. The van der Waals surface area contributed by atoms with Crippen molar-refractivity contribution in [1.82, 2.24) is 4.90 Å². The summed E-state index contributed by atoms with van der Waals surface area (Å²) in [6, 6.07) is 5.40. The Hall–Kier alpha value is -2.10. The lowest BCUT2D eigenvalue weighted by atomic mass is 10.0. The standard InChI is InChI=1S/C16H20N2O2/c1-3-15(19)17-13-8-7-12(2)14(11-13)16(20)18-9-5-4-6-10-18/h3,7-8,11H,1,4-6,9-10H2,2H3,(H,17,19). The Bertz CT molecular complexity index is 531. The molecule has 0 radical (unpaired) electrons. The molecular weight excluding hydrogens is 252 g/mol. The number of aryl methyl sites for hydroxylation is 1. The van der Waals surface area contributed by atoms with Crippen LogP contribution in [0.15, 0.2) is 30.9 Å². The molecule has 1 saturated heterocycles. The summed E-state index contributed by atoms with van der Waals surface area (Å²) in [4.78, 5) is 25.7. The lowest BCUT2D eigenvalue weighted by Crippen LogP contribution is -2.36. The van der Waals surface area contributed by atoms with E-state index >= 15 is 0 Å². The lowest BCUT2D eigenvalue weighted by molar-refractivity contribution is -0.111. The fourth-order valence-corrected chi connectivity index (χ4v) is 2.39. The maximum atomic E-state index is 12.5. The van der Waals surface area contributed by atoms with Crippen molar-refractivity contribution in [3.8, 4) is 0 Å². The van der Waals surface area contributed by atoms with Crippen LogP contribution in [0.1, 0.15) is 35.2 Å². The van der Waals surface area contributed by atoms with Gasteiger partial charge in [0, 0.05) is 24.3 Å². The summed E-state index contributed by atoms with van der Waals surface area (Å²) >= 11 is 0. The molecule has 0 aliphatic carbocycles. The maximum absolute atomic E-state index is 12.5. The third-order valence-electron chi connectivity index (χ3n) is 3.56. The van der Waals surface area contributed by atoms with E-state index in [-0.39, 0.29) is 11.8 Å². The number of rotatable bonds is 3. The van der Waals surface area contributed by atoms with Gasteiger partial charge >= 0.3 is 0 Å². The van der Waals surface area contributed by atoms with Crippen LogP contribution < -0.4 is 5.32 Å². The number of carbonyl (C=O) groups excluding carboxylic acids is 2. The van der Waals surface area contributed by atoms with Gasteiger partial charge in [0.1, 0.15) is 0 Å². The van der Waals surface area contributed by atoms with Crippen molar-refractivity contribution in [2.45, 2.75) is 26.2 Å². The van der Waals surface area contributed by atoms with Crippen LogP contribution in [-0.4, -0.2) is 29.8 Å². The van der Waals surface area contributed by atoms with Gasteiger partial charge in [-0.25, -0.2) is 0 Å². The van der Waals surface area contributed by atoms with Crippen molar-refractivity contribution >= 4 is 17.5 Å². The van der Waals surface area contributed by atoms with E-state index in [2.05, 4.69) is 11.9 Å². The molecule has 1 N–H and O–H groups in total. The van der Waals surface area contributed by atoms with Crippen molar-refractivity contribution in [3.05, 3.63) is 42.0 Å². The molecular formula is C16H20N2O2. The van der Waals surface area contributed by atoms with Crippen molar-refractivity contribution in [3.63, 3.8) is 0 Å². The molecule has 4 nitrogen and oxygen atoms in total.